The van der Waals surface area contributed by atoms with Gasteiger partial charge in [0.25, 0.3) is 0 Å². The van der Waals surface area contributed by atoms with Gasteiger partial charge < -0.3 is 4.74 Å². The summed E-state index contributed by atoms with van der Waals surface area (Å²) in [4.78, 5) is 12.1. The number of rotatable bonds is 3. The van der Waals surface area contributed by atoms with Gasteiger partial charge in [-0.05, 0) is 24.0 Å². The summed E-state index contributed by atoms with van der Waals surface area (Å²) in [7, 11) is 0. The molecule has 1 fully saturated rings. The maximum Gasteiger partial charge on any atom is 0.162 e. The SMILES string of the molecule is CC1COCCC1C(=O)Cc1cccc(F)c1F. The van der Waals surface area contributed by atoms with Crippen molar-refractivity contribution in [2.24, 2.45) is 11.8 Å². The minimum atomic E-state index is -0.912. The Morgan fingerprint density at radius 3 is 2.94 bits per heavy atom. The van der Waals surface area contributed by atoms with Crippen LogP contribution in [-0.2, 0) is 16.0 Å². The summed E-state index contributed by atoms with van der Waals surface area (Å²) in [6.07, 6.45) is 0.621. The molecule has 0 bridgehead atoms. The standard InChI is InChI=1S/C14H16F2O2/c1-9-8-18-6-5-11(9)13(17)7-10-3-2-4-12(15)14(10)16/h2-4,9,11H,5-8H2,1H3. The van der Waals surface area contributed by atoms with Gasteiger partial charge in [0.1, 0.15) is 5.78 Å². The van der Waals surface area contributed by atoms with Gasteiger partial charge in [0.15, 0.2) is 11.6 Å². The lowest BCUT2D eigenvalue weighted by Crippen LogP contribution is -2.32. The summed E-state index contributed by atoms with van der Waals surface area (Å²) in [5.41, 5.74) is 0.138. The van der Waals surface area contributed by atoms with E-state index >= 15 is 0 Å². The normalized spacial score (nSPS) is 23.9. The first-order valence-corrected chi connectivity index (χ1v) is 6.13. The number of hydrogen-bond acceptors (Lipinski definition) is 2. The number of ether oxygens (including phenoxy) is 1. The minimum absolute atomic E-state index is 0.0321. The molecule has 1 aromatic rings. The molecule has 98 valence electrons. The number of ketones is 1. The van der Waals surface area contributed by atoms with E-state index in [2.05, 4.69) is 0 Å². The van der Waals surface area contributed by atoms with Crippen molar-refractivity contribution in [3.8, 4) is 0 Å². The van der Waals surface area contributed by atoms with E-state index in [1.54, 1.807) is 0 Å². The Morgan fingerprint density at radius 2 is 2.22 bits per heavy atom. The van der Waals surface area contributed by atoms with Crippen LogP contribution in [0.2, 0.25) is 0 Å². The van der Waals surface area contributed by atoms with Crippen molar-refractivity contribution in [2.75, 3.05) is 13.2 Å². The van der Waals surface area contributed by atoms with E-state index in [-0.39, 0.29) is 29.6 Å². The average molecular weight is 254 g/mol. The maximum absolute atomic E-state index is 13.5. The number of Topliss-reactive ketones (excluding diaryl/α,β-unsaturated/α-hetero) is 1. The van der Waals surface area contributed by atoms with E-state index in [0.717, 1.165) is 6.07 Å². The Morgan fingerprint density at radius 1 is 1.44 bits per heavy atom. The maximum atomic E-state index is 13.5. The minimum Gasteiger partial charge on any atom is -0.381 e. The molecule has 0 aliphatic carbocycles. The van der Waals surface area contributed by atoms with Crippen LogP contribution < -0.4 is 0 Å². The van der Waals surface area contributed by atoms with Crippen LogP contribution in [0.5, 0.6) is 0 Å². The van der Waals surface area contributed by atoms with Gasteiger partial charge in [0.05, 0.1) is 0 Å². The molecule has 1 aliphatic heterocycles. The first-order valence-electron chi connectivity index (χ1n) is 6.13. The fraction of sp³-hybridized carbons (Fsp3) is 0.500. The second-order valence-electron chi connectivity index (χ2n) is 4.80. The van der Waals surface area contributed by atoms with Crippen molar-refractivity contribution in [2.45, 2.75) is 19.8 Å². The van der Waals surface area contributed by atoms with E-state index in [1.165, 1.54) is 12.1 Å². The molecule has 0 spiro atoms. The Hall–Kier alpha value is -1.29. The van der Waals surface area contributed by atoms with E-state index in [1.807, 2.05) is 6.92 Å². The predicted molar refractivity (Wildman–Crippen MR) is 63.2 cm³/mol. The highest BCUT2D eigenvalue weighted by Crippen LogP contribution is 2.24. The lowest BCUT2D eigenvalue weighted by molar-refractivity contribution is -0.127. The fourth-order valence-corrected chi connectivity index (χ4v) is 2.36. The molecular weight excluding hydrogens is 238 g/mol. The highest BCUT2D eigenvalue weighted by molar-refractivity contribution is 5.83. The largest absolute Gasteiger partial charge is 0.381 e. The van der Waals surface area contributed by atoms with E-state index in [9.17, 15) is 13.6 Å². The van der Waals surface area contributed by atoms with Gasteiger partial charge in [0.2, 0.25) is 0 Å². The third-order valence-corrected chi connectivity index (χ3v) is 3.45. The van der Waals surface area contributed by atoms with Gasteiger partial charge in [-0.25, -0.2) is 8.78 Å². The number of carbonyl (C=O) groups is 1. The first-order chi connectivity index (χ1) is 8.59. The molecule has 0 radical (unpaired) electrons. The highest BCUT2D eigenvalue weighted by Gasteiger charge is 2.28. The third kappa shape index (κ3) is 2.75. The molecule has 1 aliphatic rings. The van der Waals surface area contributed by atoms with Gasteiger partial charge in [0, 0.05) is 25.6 Å². The van der Waals surface area contributed by atoms with Crippen molar-refractivity contribution in [1.82, 2.24) is 0 Å². The third-order valence-electron chi connectivity index (χ3n) is 3.45. The monoisotopic (exact) mass is 254 g/mol. The zero-order chi connectivity index (χ0) is 13.1. The predicted octanol–water partition coefficient (Wildman–Crippen LogP) is 2.75. The van der Waals surface area contributed by atoms with Crippen LogP contribution in [0.1, 0.15) is 18.9 Å². The summed E-state index contributed by atoms with van der Waals surface area (Å²) in [5, 5.41) is 0. The molecule has 1 heterocycles. The van der Waals surface area contributed by atoms with Crippen LogP contribution in [0.4, 0.5) is 8.78 Å². The second kappa shape index (κ2) is 5.57. The molecule has 0 aromatic heterocycles. The molecule has 0 saturated carbocycles. The summed E-state index contributed by atoms with van der Waals surface area (Å²) in [6, 6.07) is 3.94. The fourth-order valence-electron chi connectivity index (χ4n) is 2.36. The van der Waals surface area contributed by atoms with Crippen LogP contribution in [0.15, 0.2) is 18.2 Å². The number of hydrogen-bond donors (Lipinski definition) is 0. The van der Waals surface area contributed by atoms with Crippen molar-refractivity contribution >= 4 is 5.78 Å². The van der Waals surface area contributed by atoms with Crippen LogP contribution >= 0.6 is 0 Å². The van der Waals surface area contributed by atoms with Crippen molar-refractivity contribution in [1.29, 1.82) is 0 Å². The molecule has 2 unspecified atom stereocenters. The molecule has 1 aromatic carbocycles. The number of halogens is 2. The summed E-state index contributed by atoms with van der Waals surface area (Å²) < 4.78 is 31.8. The van der Waals surface area contributed by atoms with Crippen molar-refractivity contribution in [3.63, 3.8) is 0 Å². The van der Waals surface area contributed by atoms with E-state index in [4.69, 9.17) is 4.74 Å². The smallest absolute Gasteiger partial charge is 0.162 e. The number of carbonyl (C=O) groups excluding carboxylic acids is 1. The van der Waals surface area contributed by atoms with Gasteiger partial charge in [-0.1, -0.05) is 19.1 Å². The van der Waals surface area contributed by atoms with Gasteiger partial charge >= 0.3 is 0 Å². The zero-order valence-corrected chi connectivity index (χ0v) is 10.3. The van der Waals surface area contributed by atoms with Crippen molar-refractivity contribution in [3.05, 3.63) is 35.4 Å². The van der Waals surface area contributed by atoms with Crippen LogP contribution in [0.3, 0.4) is 0 Å². The van der Waals surface area contributed by atoms with Crippen LogP contribution in [0.25, 0.3) is 0 Å². The first kappa shape index (κ1) is 13.1. The number of benzene rings is 1. The zero-order valence-electron chi connectivity index (χ0n) is 10.3. The molecule has 0 N–H and O–H groups in total. The summed E-state index contributed by atoms with van der Waals surface area (Å²) >= 11 is 0. The van der Waals surface area contributed by atoms with Crippen LogP contribution in [-0.4, -0.2) is 19.0 Å². The molecule has 0 amide bonds. The topological polar surface area (TPSA) is 26.3 Å². The van der Waals surface area contributed by atoms with E-state index < -0.39 is 11.6 Å². The lowest BCUT2D eigenvalue weighted by Gasteiger charge is -2.27. The Labute approximate surface area is 105 Å². The summed E-state index contributed by atoms with van der Waals surface area (Å²) in [6.45, 7) is 3.07. The lowest BCUT2D eigenvalue weighted by atomic mass is 9.84. The average Bonchev–Trinajstić information content (AvgIpc) is 2.35. The molecule has 1 saturated heterocycles. The van der Waals surface area contributed by atoms with Gasteiger partial charge in [-0.2, -0.15) is 0 Å². The molecule has 2 atom stereocenters. The molecular formula is C14H16F2O2. The molecule has 2 rings (SSSR count). The Balaban J connectivity index is 2.09. The van der Waals surface area contributed by atoms with E-state index in [0.29, 0.717) is 19.6 Å². The van der Waals surface area contributed by atoms with Crippen LogP contribution in [0, 0.1) is 23.5 Å². The molecule has 4 heteroatoms. The molecule has 2 nitrogen and oxygen atoms in total. The molecule has 18 heavy (non-hydrogen) atoms. The highest BCUT2D eigenvalue weighted by atomic mass is 19.2. The Bertz CT molecular complexity index is 445. The quantitative estimate of drug-likeness (QED) is 0.829. The summed E-state index contributed by atoms with van der Waals surface area (Å²) in [5.74, 6) is -1.81. The second-order valence-corrected chi connectivity index (χ2v) is 4.80. The van der Waals surface area contributed by atoms with Gasteiger partial charge in [-0.15, -0.1) is 0 Å². The Kier molecular flexibility index (Phi) is 4.07. The van der Waals surface area contributed by atoms with Gasteiger partial charge in [-0.3, -0.25) is 4.79 Å². The van der Waals surface area contributed by atoms with Crippen molar-refractivity contribution < 1.29 is 18.3 Å².